The van der Waals surface area contributed by atoms with Gasteiger partial charge in [0.15, 0.2) is 6.29 Å². The van der Waals surface area contributed by atoms with E-state index in [1.54, 1.807) is 0 Å². The molecule has 0 aromatic carbocycles. The van der Waals surface area contributed by atoms with Crippen molar-refractivity contribution in [2.24, 2.45) is 0 Å². The Morgan fingerprint density at radius 2 is 1.73 bits per heavy atom. The second kappa shape index (κ2) is 3.04. The molecule has 0 bridgehead atoms. The smallest absolute Gasteiger partial charge is 0.184 e. The molecule has 5 atom stereocenters. The van der Waals surface area contributed by atoms with Crippen molar-refractivity contribution in [3.05, 3.63) is 0 Å². The maximum Gasteiger partial charge on any atom is 0.184 e. The van der Waals surface area contributed by atoms with E-state index in [2.05, 4.69) is 4.74 Å². The summed E-state index contributed by atoms with van der Waals surface area (Å²) in [6.45, 7) is 1.42. The van der Waals surface area contributed by atoms with E-state index in [9.17, 15) is 0 Å². The first kappa shape index (κ1) is 8.89. The fraction of sp³-hybridized carbons (Fsp3) is 1.00. The first-order chi connectivity index (χ1) is 5.04. The summed E-state index contributed by atoms with van der Waals surface area (Å²) in [5, 5.41) is 35.8. The first-order valence-corrected chi connectivity index (χ1v) is 3.41. The fourth-order valence-corrected chi connectivity index (χ4v) is 1.08. The van der Waals surface area contributed by atoms with Gasteiger partial charge in [-0.05, 0) is 6.92 Å². The van der Waals surface area contributed by atoms with Gasteiger partial charge in [0.05, 0.1) is 6.10 Å². The summed E-state index contributed by atoms with van der Waals surface area (Å²) in [5.74, 6) is 0. The quantitative estimate of drug-likeness (QED) is 0.353. The summed E-state index contributed by atoms with van der Waals surface area (Å²) in [5.41, 5.74) is 0. The highest BCUT2D eigenvalue weighted by Crippen LogP contribution is 2.21. The largest absolute Gasteiger partial charge is 0.391 e. The molecule has 5 nitrogen and oxygen atoms in total. The molecule has 1 aliphatic rings. The summed E-state index contributed by atoms with van der Waals surface area (Å²) >= 11 is 0. The summed E-state index contributed by atoms with van der Waals surface area (Å²) in [6.07, 6.45) is -5.75. The van der Waals surface area contributed by atoms with Crippen LogP contribution in [0.2, 0.25) is 0 Å². The highest BCUT2D eigenvalue weighted by molar-refractivity contribution is 4.88. The Bertz CT molecular complexity index is 137. The Kier molecular flexibility index (Phi) is 2.46. The van der Waals surface area contributed by atoms with Crippen molar-refractivity contribution < 1.29 is 25.2 Å². The Morgan fingerprint density at radius 1 is 1.18 bits per heavy atom. The predicted octanol–water partition coefficient (Wildman–Crippen LogP) is -2.19. The van der Waals surface area contributed by atoms with Crippen LogP contribution in [-0.4, -0.2) is 51.1 Å². The number of rotatable bonds is 1. The molecule has 11 heavy (non-hydrogen) atoms. The van der Waals surface area contributed by atoms with Gasteiger partial charge in [-0.2, -0.15) is 0 Å². The second-order valence-corrected chi connectivity index (χ2v) is 2.71. The molecule has 0 aromatic rings. The van der Waals surface area contributed by atoms with Gasteiger partial charge >= 0.3 is 0 Å². The van der Waals surface area contributed by atoms with Crippen LogP contribution in [0, 0.1) is 0 Å². The van der Waals surface area contributed by atoms with E-state index < -0.39 is 30.7 Å². The fourth-order valence-electron chi connectivity index (χ4n) is 1.08. The van der Waals surface area contributed by atoms with Crippen molar-refractivity contribution in [1.29, 1.82) is 0 Å². The van der Waals surface area contributed by atoms with Crippen LogP contribution >= 0.6 is 0 Å². The lowest BCUT2D eigenvalue weighted by molar-refractivity contribution is -0.143. The van der Waals surface area contributed by atoms with Gasteiger partial charge in [-0.15, -0.1) is 0 Å². The number of aliphatic hydroxyl groups is 4. The molecule has 0 radical (unpaired) electrons. The molecule has 5 heteroatoms. The monoisotopic (exact) mass is 164 g/mol. The lowest BCUT2D eigenvalue weighted by atomic mass is 10.1. The minimum atomic E-state index is -1.40. The molecule has 1 saturated heterocycles. The van der Waals surface area contributed by atoms with Crippen molar-refractivity contribution >= 4 is 0 Å². The molecule has 1 fully saturated rings. The summed E-state index contributed by atoms with van der Waals surface area (Å²) < 4.78 is 4.65. The van der Waals surface area contributed by atoms with Crippen molar-refractivity contribution in [3.8, 4) is 0 Å². The molecule has 0 saturated carbocycles. The highest BCUT2D eigenvalue weighted by Gasteiger charge is 2.43. The van der Waals surface area contributed by atoms with Gasteiger partial charge in [0.25, 0.3) is 0 Å². The van der Waals surface area contributed by atoms with Crippen molar-refractivity contribution in [1.82, 2.24) is 0 Å². The molecule has 0 aliphatic carbocycles. The van der Waals surface area contributed by atoms with E-state index in [-0.39, 0.29) is 0 Å². The van der Waals surface area contributed by atoms with Crippen molar-refractivity contribution in [2.75, 3.05) is 0 Å². The topological polar surface area (TPSA) is 90.2 Å². The average Bonchev–Trinajstić information content (AvgIpc) is 2.17. The van der Waals surface area contributed by atoms with Crippen molar-refractivity contribution in [3.63, 3.8) is 0 Å². The molecule has 0 aromatic heterocycles. The van der Waals surface area contributed by atoms with Crippen LogP contribution in [-0.2, 0) is 4.74 Å². The van der Waals surface area contributed by atoms with Gasteiger partial charge in [0, 0.05) is 0 Å². The number of hydrogen-bond acceptors (Lipinski definition) is 5. The normalized spacial score (nSPS) is 47.7. The Balaban J connectivity index is 2.59. The van der Waals surface area contributed by atoms with E-state index in [1.165, 1.54) is 6.92 Å². The summed E-state index contributed by atoms with van der Waals surface area (Å²) in [6, 6.07) is 0. The standard InChI is InChI=1S/C6H12O5/c1-2(7)5-3(8)4(9)6(10)11-5/h2-10H,1H3/t2-,3-,4+,5-,6-/m0/s1. The zero-order valence-electron chi connectivity index (χ0n) is 6.08. The van der Waals surface area contributed by atoms with Gasteiger partial charge in [0.1, 0.15) is 18.3 Å². The Labute approximate surface area is 63.8 Å². The van der Waals surface area contributed by atoms with Gasteiger partial charge in [-0.25, -0.2) is 0 Å². The van der Waals surface area contributed by atoms with Gasteiger partial charge in [-0.3, -0.25) is 0 Å². The molecule has 0 spiro atoms. The van der Waals surface area contributed by atoms with Crippen LogP contribution in [0.15, 0.2) is 0 Å². The maximum absolute atomic E-state index is 9.10. The third-order valence-electron chi connectivity index (χ3n) is 1.75. The van der Waals surface area contributed by atoms with E-state index in [4.69, 9.17) is 20.4 Å². The van der Waals surface area contributed by atoms with E-state index in [0.29, 0.717) is 0 Å². The SMILES string of the molecule is C[C@H](O)[C@@H]1O[C@H](O)[C@H](O)[C@@H]1O. The van der Waals surface area contributed by atoms with Crippen LogP contribution in [0.4, 0.5) is 0 Å². The van der Waals surface area contributed by atoms with E-state index in [0.717, 1.165) is 0 Å². The van der Waals surface area contributed by atoms with Crippen LogP contribution in [0.25, 0.3) is 0 Å². The average molecular weight is 164 g/mol. The van der Waals surface area contributed by atoms with Crippen LogP contribution in [0.3, 0.4) is 0 Å². The Morgan fingerprint density at radius 3 is 1.91 bits per heavy atom. The minimum Gasteiger partial charge on any atom is -0.391 e. The van der Waals surface area contributed by atoms with Crippen LogP contribution in [0.1, 0.15) is 6.92 Å². The molecule has 1 heterocycles. The van der Waals surface area contributed by atoms with Gasteiger partial charge in [0.2, 0.25) is 0 Å². The van der Waals surface area contributed by atoms with E-state index >= 15 is 0 Å². The zero-order chi connectivity index (χ0) is 8.59. The molecule has 4 N–H and O–H groups in total. The van der Waals surface area contributed by atoms with Crippen LogP contribution < -0.4 is 0 Å². The minimum absolute atomic E-state index is 0.903. The van der Waals surface area contributed by atoms with Gasteiger partial charge < -0.3 is 25.2 Å². The van der Waals surface area contributed by atoms with Crippen LogP contribution in [0.5, 0.6) is 0 Å². The third-order valence-corrected chi connectivity index (χ3v) is 1.75. The van der Waals surface area contributed by atoms with Crippen molar-refractivity contribution in [2.45, 2.75) is 37.6 Å². The van der Waals surface area contributed by atoms with Gasteiger partial charge in [-0.1, -0.05) is 0 Å². The third kappa shape index (κ3) is 1.52. The second-order valence-electron chi connectivity index (χ2n) is 2.71. The number of hydrogen-bond donors (Lipinski definition) is 4. The Hall–Kier alpha value is -0.200. The number of ether oxygens (including phenoxy) is 1. The molecular weight excluding hydrogens is 152 g/mol. The number of aliphatic hydroxyl groups excluding tert-OH is 4. The molecule has 1 rings (SSSR count). The predicted molar refractivity (Wildman–Crippen MR) is 34.6 cm³/mol. The molecule has 0 unspecified atom stereocenters. The summed E-state index contributed by atoms with van der Waals surface area (Å²) in [7, 11) is 0. The lowest BCUT2D eigenvalue weighted by Gasteiger charge is -2.16. The molecule has 66 valence electrons. The summed E-state index contributed by atoms with van der Waals surface area (Å²) in [4.78, 5) is 0. The lowest BCUT2D eigenvalue weighted by Crippen LogP contribution is -2.37. The first-order valence-electron chi connectivity index (χ1n) is 3.41. The maximum atomic E-state index is 9.10. The molecule has 1 aliphatic heterocycles. The molecular formula is C6H12O5. The molecule has 0 amide bonds. The highest BCUT2D eigenvalue weighted by atomic mass is 16.6. The zero-order valence-corrected chi connectivity index (χ0v) is 6.08. The van der Waals surface area contributed by atoms with E-state index in [1.807, 2.05) is 0 Å².